The highest BCUT2D eigenvalue weighted by atomic mass is 16.1. The van der Waals surface area contributed by atoms with Gasteiger partial charge in [-0.05, 0) is 17.5 Å². The normalized spacial score (nSPS) is 17.5. The lowest BCUT2D eigenvalue weighted by atomic mass is 9.92. The molecule has 4 rings (SSSR count). The molecule has 0 bridgehead atoms. The number of rotatable bonds is 3. The first-order valence-electron chi connectivity index (χ1n) is 7.88. The summed E-state index contributed by atoms with van der Waals surface area (Å²) in [5.74, 6) is -0.106. The van der Waals surface area contributed by atoms with Crippen molar-refractivity contribution in [2.45, 2.75) is 19.0 Å². The van der Waals surface area contributed by atoms with Crippen LogP contribution >= 0.6 is 0 Å². The molecular formula is C16H17N7O2. The van der Waals surface area contributed by atoms with Gasteiger partial charge in [-0.15, -0.1) is 0 Å². The van der Waals surface area contributed by atoms with Gasteiger partial charge >= 0.3 is 0 Å². The largest absolute Gasteiger partial charge is 0.368 e. The number of aromatic amines is 1. The summed E-state index contributed by atoms with van der Waals surface area (Å²) >= 11 is 0. The molecule has 5 N–H and O–H groups in total. The molecule has 0 saturated heterocycles. The van der Waals surface area contributed by atoms with Crippen molar-refractivity contribution in [1.82, 2.24) is 24.5 Å². The number of primary amides is 1. The van der Waals surface area contributed by atoms with Crippen molar-refractivity contribution < 1.29 is 4.79 Å². The Balaban J connectivity index is 1.70. The summed E-state index contributed by atoms with van der Waals surface area (Å²) < 4.78 is 1.18. The van der Waals surface area contributed by atoms with Crippen LogP contribution in [0.5, 0.6) is 0 Å². The van der Waals surface area contributed by atoms with Gasteiger partial charge in [0.1, 0.15) is 6.04 Å². The lowest BCUT2D eigenvalue weighted by Crippen LogP contribution is -2.42. The molecule has 1 amide bonds. The van der Waals surface area contributed by atoms with Crippen LogP contribution in [0.1, 0.15) is 22.9 Å². The summed E-state index contributed by atoms with van der Waals surface area (Å²) in [5.41, 5.74) is 13.4. The quantitative estimate of drug-likeness (QED) is 0.593. The van der Waals surface area contributed by atoms with Gasteiger partial charge in [0.15, 0.2) is 0 Å². The van der Waals surface area contributed by atoms with Crippen LogP contribution in [0.25, 0.3) is 5.78 Å². The van der Waals surface area contributed by atoms with Gasteiger partial charge in [-0.2, -0.15) is 9.50 Å². The number of carbonyl (C=O) groups excluding carboxylic acids is 1. The van der Waals surface area contributed by atoms with Crippen molar-refractivity contribution in [3.8, 4) is 0 Å². The fourth-order valence-corrected chi connectivity index (χ4v) is 3.35. The first kappa shape index (κ1) is 15.3. The SMILES string of the molecule is NC(=O)C1c2ccccc2CCN1Cc1cc(=O)n2[nH]c(N)nc2n1. The second kappa shape index (κ2) is 5.71. The number of carbonyl (C=O) groups is 1. The number of anilines is 1. The third-order valence-corrected chi connectivity index (χ3v) is 4.42. The standard InChI is InChI=1S/C16H17N7O2/c17-14(25)13-11-4-2-1-3-9(11)5-6-22(13)8-10-7-12(24)23-16(19-10)20-15(18)21-23/h1-4,7,13H,5-6,8H2,(H2,17,25)(H3,18,19,20,21). The predicted molar refractivity (Wildman–Crippen MR) is 90.5 cm³/mol. The maximum atomic E-state index is 12.2. The van der Waals surface area contributed by atoms with Gasteiger partial charge in [-0.1, -0.05) is 24.3 Å². The van der Waals surface area contributed by atoms with Crippen LogP contribution in [0.3, 0.4) is 0 Å². The van der Waals surface area contributed by atoms with Gasteiger partial charge in [0.05, 0.1) is 5.69 Å². The molecule has 1 aliphatic heterocycles. The molecule has 9 nitrogen and oxygen atoms in total. The molecule has 25 heavy (non-hydrogen) atoms. The Labute approximate surface area is 142 Å². The number of hydrogen-bond donors (Lipinski definition) is 3. The Morgan fingerprint density at radius 3 is 2.92 bits per heavy atom. The third kappa shape index (κ3) is 2.64. The average Bonchev–Trinajstić information content (AvgIpc) is 2.95. The van der Waals surface area contributed by atoms with Crippen molar-refractivity contribution in [1.29, 1.82) is 0 Å². The van der Waals surface area contributed by atoms with Crippen LogP contribution < -0.4 is 17.0 Å². The zero-order valence-electron chi connectivity index (χ0n) is 13.3. The monoisotopic (exact) mass is 339 g/mol. The number of H-pyrrole nitrogens is 1. The zero-order chi connectivity index (χ0) is 17.6. The molecule has 0 fully saturated rings. The average molecular weight is 339 g/mol. The molecule has 1 unspecified atom stereocenters. The molecule has 0 radical (unpaired) electrons. The number of hydrogen-bond acceptors (Lipinski definition) is 6. The summed E-state index contributed by atoms with van der Waals surface area (Å²) in [6.07, 6.45) is 0.802. The lowest BCUT2D eigenvalue weighted by Gasteiger charge is -2.35. The minimum absolute atomic E-state index is 0.115. The van der Waals surface area contributed by atoms with E-state index in [1.165, 1.54) is 10.6 Å². The Kier molecular flexibility index (Phi) is 3.50. The summed E-state index contributed by atoms with van der Waals surface area (Å²) in [6, 6.07) is 8.62. The summed E-state index contributed by atoms with van der Waals surface area (Å²) in [7, 11) is 0. The fraction of sp³-hybridized carbons (Fsp3) is 0.250. The van der Waals surface area contributed by atoms with E-state index < -0.39 is 11.9 Å². The molecule has 9 heteroatoms. The minimum Gasteiger partial charge on any atom is -0.368 e. The first-order chi connectivity index (χ1) is 12.0. The topological polar surface area (TPSA) is 135 Å². The summed E-state index contributed by atoms with van der Waals surface area (Å²) in [6.45, 7) is 0.967. The molecule has 1 aromatic carbocycles. The highest BCUT2D eigenvalue weighted by Gasteiger charge is 2.31. The van der Waals surface area contributed by atoms with Crippen LogP contribution in [0.15, 0.2) is 35.1 Å². The van der Waals surface area contributed by atoms with E-state index in [0.29, 0.717) is 18.8 Å². The van der Waals surface area contributed by atoms with Crippen LogP contribution in [0, 0.1) is 0 Å². The molecule has 128 valence electrons. The number of fused-ring (bicyclic) bond motifs is 2. The number of nitrogen functional groups attached to an aromatic ring is 1. The van der Waals surface area contributed by atoms with E-state index in [4.69, 9.17) is 11.5 Å². The maximum Gasteiger partial charge on any atom is 0.274 e. The van der Waals surface area contributed by atoms with E-state index >= 15 is 0 Å². The van der Waals surface area contributed by atoms with E-state index in [2.05, 4.69) is 15.1 Å². The second-order valence-corrected chi connectivity index (χ2v) is 6.05. The number of nitrogens with two attached hydrogens (primary N) is 2. The molecule has 0 saturated carbocycles. The first-order valence-corrected chi connectivity index (χ1v) is 7.88. The van der Waals surface area contributed by atoms with Crippen molar-refractivity contribution >= 4 is 17.6 Å². The van der Waals surface area contributed by atoms with Crippen molar-refractivity contribution in [2.75, 3.05) is 12.3 Å². The van der Waals surface area contributed by atoms with E-state index in [1.807, 2.05) is 29.2 Å². The van der Waals surface area contributed by atoms with Crippen molar-refractivity contribution in [2.24, 2.45) is 5.73 Å². The van der Waals surface area contributed by atoms with Crippen LogP contribution in [0.2, 0.25) is 0 Å². The van der Waals surface area contributed by atoms with E-state index in [-0.39, 0.29) is 17.3 Å². The van der Waals surface area contributed by atoms with E-state index in [1.54, 1.807) is 0 Å². The number of amides is 1. The van der Waals surface area contributed by atoms with Crippen LogP contribution in [-0.4, -0.2) is 36.9 Å². The molecule has 2 aromatic heterocycles. The Morgan fingerprint density at radius 1 is 1.32 bits per heavy atom. The second-order valence-electron chi connectivity index (χ2n) is 6.05. The molecule has 0 spiro atoms. The van der Waals surface area contributed by atoms with Crippen molar-refractivity contribution in [3.05, 3.63) is 57.5 Å². The molecule has 0 aliphatic carbocycles. The van der Waals surface area contributed by atoms with Crippen LogP contribution in [0.4, 0.5) is 5.95 Å². The zero-order valence-corrected chi connectivity index (χ0v) is 13.3. The fourth-order valence-electron chi connectivity index (χ4n) is 3.35. The highest BCUT2D eigenvalue weighted by molar-refractivity contribution is 5.82. The van der Waals surface area contributed by atoms with Gasteiger partial charge in [0.25, 0.3) is 11.3 Å². The van der Waals surface area contributed by atoms with E-state index in [0.717, 1.165) is 17.5 Å². The van der Waals surface area contributed by atoms with Gasteiger partial charge in [-0.25, -0.2) is 4.98 Å². The Hall–Kier alpha value is -3.20. The van der Waals surface area contributed by atoms with Gasteiger partial charge in [-0.3, -0.25) is 19.6 Å². The van der Waals surface area contributed by atoms with Crippen molar-refractivity contribution in [3.63, 3.8) is 0 Å². The van der Waals surface area contributed by atoms with Crippen LogP contribution in [-0.2, 0) is 17.8 Å². The van der Waals surface area contributed by atoms with Gasteiger partial charge in [0.2, 0.25) is 11.9 Å². The van der Waals surface area contributed by atoms with E-state index in [9.17, 15) is 9.59 Å². The molecule has 1 aliphatic rings. The van der Waals surface area contributed by atoms with Gasteiger partial charge < -0.3 is 11.5 Å². The molecule has 3 heterocycles. The number of nitrogens with zero attached hydrogens (tertiary/aromatic N) is 4. The lowest BCUT2D eigenvalue weighted by molar-refractivity contribution is -0.124. The van der Waals surface area contributed by atoms with Gasteiger partial charge in [0, 0.05) is 19.2 Å². The maximum absolute atomic E-state index is 12.2. The molecular weight excluding hydrogens is 322 g/mol. The Bertz CT molecular complexity index is 1020. The Morgan fingerprint density at radius 2 is 2.12 bits per heavy atom. The number of nitrogens with one attached hydrogen (secondary N) is 1. The smallest absolute Gasteiger partial charge is 0.274 e. The minimum atomic E-state index is -0.547. The summed E-state index contributed by atoms with van der Waals surface area (Å²) in [4.78, 5) is 34.5. The predicted octanol–water partition coefficient (Wildman–Crippen LogP) is -0.415. The third-order valence-electron chi connectivity index (χ3n) is 4.42. The molecule has 3 aromatic rings. The summed E-state index contributed by atoms with van der Waals surface area (Å²) in [5, 5.41) is 2.62. The number of aromatic nitrogens is 4. The molecule has 1 atom stereocenters. The number of benzene rings is 1. The highest BCUT2D eigenvalue weighted by Crippen LogP contribution is 2.30.